The van der Waals surface area contributed by atoms with Gasteiger partial charge in [-0.25, -0.2) is 9.97 Å². The molecule has 0 bridgehead atoms. The van der Waals surface area contributed by atoms with Crippen LogP contribution >= 0.6 is 0 Å². The summed E-state index contributed by atoms with van der Waals surface area (Å²) in [7, 11) is 0. The van der Waals surface area contributed by atoms with E-state index in [2.05, 4.69) is 49.0 Å². The van der Waals surface area contributed by atoms with Gasteiger partial charge in [0.05, 0.1) is 5.52 Å². The van der Waals surface area contributed by atoms with Gasteiger partial charge in [0.15, 0.2) is 0 Å². The predicted molar refractivity (Wildman–Crippen MR) is 91.3 cm³/mol. The van der Waals surface area contributed by atoms with Gasteiger partial charge in [-0.3, -0.25) is 9.88 Å². The summed E-state index contributed by atoms with van der Waals surface area (Å²) in [5.74, 6) is 0.835. The summed E-state index contributed by atoms with van der Waals surface area (Å²) in [5.41, 5.74) is 2.39. The summed E-state index contributed by atoms with van der Waals surface area (Å²) in [6.07, 6.45) is 5.46. The molecule has 5 heteroatoms. The van der Waals surface area contributed by atoms with E-state index in [4.69, 9.17) is 0 Å². The summed E-state index contributed by atoms with van der Waals surface area (Å²) >= 11 is 0. The SMILES string of the molecule is c1cnc(N2CCN(Cc3ccc4cccnc4c3)CC2)nc1. The van der Waals surface area contributed by atoms with Crippen molar-refractivity contribution in [3.05, 3.63) is 60.6 Å². The Bertz CT molecular complexity index is 782. The van der Waals surface area contributed by atoms with E-state index in [1.54, 1.807) is 12.4 Å². The maximum Gasteiger partial charge on any atom is 0.225 e. The fraction of sp³-hybridized carbons (Fsp3) is 0.278. The minimum absolute atomic E-state index is 0.835. The van der Waals surface area contributed by atoms with Crippen molar-refractivity contribution in [2.45, 2.75) is 6.54 Å². The lowest BCUT2D eigenvalue weighted by molar-refractivity contribution is 0.249. The first-order valence-electron chi connectivity index (χ1n) is 7.96. The lowest BCUT2D eigenvalue weighted by Gasteiger charge is -2.34. The fourth-order valence-electron chi connectivity index (χ4n) is 3.03. The Morgan fingerprint density at radius 3 is 2.43 bits per heavy atom. The molecule has 0 aliphatic carbocycles. The van der Waals surface area contributed by atoms with Gasteiger partial charge in [-0.1, -0.05) is 18.2 Å². The van der Waals surface area contributed by atoms with Crippen molar-refractivity contribution in [3.8, 4) is 0 Å². The van der Waals surface area contributed by atoms with E-state index in [1.165, 1.54) is 10.9 Å². The predicted octanol–water partition coefficient (Wildman–Crippen LogP) is 2.35. The van der Waals surface area contributed by atoms with Gasteiger partial charge in [0.1, 0.15) is 0 Å². The molecule has 0 spiro atoms. The van der Waals surface area contributed by atoms with Crippen molar-refractivity contribution < 1.29 is 0 Å². The van der Waals surface area contributed by atoms with E-state index in [0.717, 1.165) is 44.2 Å². The lowest BCUT2D eigenvalue weighted by atomic mass is 10.1. The van der Waals surface area contributed by atoms with E-state index in [9.17, 15) is 0 Å². The van der Waals surface area contributed by atoms with E-state index in [0.29, 0.717) is 0 Å². The third kappa shape index (κ3) is 3.14. The van der Waals surface area contributed by atoms with E-state index >= 15 is 0 Å². The maximum absolute atomic E-state index is 4.44. The lowest BCUT2D eigenvalue weighted by Crippen LogP contribution is -2.46. The third-order valence-electron chi connectivity index (χ3n) is 4.28. The Morgan fingerprint density at radius 1 is 0.826 bits per heavy atom. The molecular formula is C18H19N5. The molecule has 2 aromatic heterocycles. The molecule has 1 aromatic carbocycles. The van der Waals surface area contributed by atoms with E-state index < -0.39 is 0 Å². The van der Waals surface area contributed by atoms with Crippen LogP contribution in [-0.2, 0) is 6.54 Å². The number of benzene rings is 1. The molecule has 4 rings (SSSR count). The number of anilines is 1. The second-order valence-corrected chi connectivity index (χ2v) is 5.84. The Morgan fingerprint density at radius 2 is 1.61 bits per heavy atom. The molecule has 0 amide bonds. The quantitative estimate of drug-likeness (QED) is 0.743. The van der Waals surface area contributed by atoms with Crippen LogP contribution < -0.4 is 4.90 Å². The molecule has 5 nitrogen and oxygen atoms in total. The number of aromatic nitrogens is 3. The van der Waals surface area contributed by atoms with Crippen molar-refractivity contribution in [1.82, 2.24) is 19.9 Å². The number of pyridine rings is 1. The number of hydrogen-bond donors (Lipinski definition) is 0. The molecule has 116 valence electrons. The molecular weight excluding hydrogens is 286 g/mol. The van der Waals surface area contributed by atoms with Crippen molar-refractivity contribution >= 4 is 16.9 Å². The van der Waals surface area contributed by atoms with Crippen molar-refractivity contribution in [2.24, 2.45) is 0 Å². The standard InChI is InChI=1S/C18H19N5/c1-3-16-5-4-15(13-17(16)19-6-1)14-22-9-11-23(12-10-22)18-20-7-2-8-21-18/h1-8,13H,9-12,14H2. The molecule has 0 N–H and O–H groups in total. The monoisotopic (exact) mass is 305 g/mol. The van der Waals surface area contributed by atoms with Crippen LogP contribution in [0.25, 0.3) is 10.9 Å². The molecule has 0 unspecified atom stereocenters. The fourth-order valence-corrected chi connectivity index (χ4v) is 3.03. The number of piperazine rings is 1. The van der Waals surface area contributed by atoms with Crippen LogP contribution in [0.15, 0.2) is 55.0 Å². The molecule has 0 saturated carbocycles. The first kappa shape index (κ1) is 14.1. The molecule has 1 aliphatic heterocycles. The van der Waals surface area contributed by atoms with Crippen LogP contribution in [0.3, 0.4) is 0 Å². The molecule has 0 atom stereocenters. The zero-order valence-corrected chi connectivity index (χ0v) is 13.0. The van der Waals surface area contributed by atoms with Crippen LogP contribution in [0.5, 0.6) is 0 Å². The smallest absolute Gasteiger partial charge is 0.225 e. The maximum atomic E-state index is 4.44. The topological polar surface area (TPSA) is 45.2 Å². The van der Waals surface area contributed by atoms with Crippen LogP contribution in [0, 0.1) is 0 Å². The van der Waals surface area contributed by atoms with Crippen LogP contribution in [-0.4, -0.2) is 46.0 Å². The van der Waals surface area contributed by atoms with Gasteiger partial charge in [-0.15, -0.1) is 0 Å². The van der Waals surface area contributed by atoms with E-state index in [1.807, 2.05) is 18.3 Å². The Balaban J connectivity index is 1.40. The van der Waals surface area contributed by atoms with Crippen LogP contribution in [0.1, 0.15) is 5.56 Å². The second-order valence-electron chi connectivity index (χ2n) is 5.84. The van der Waals surface area contributed by atoms with Gasteiger partial charge in [-0.2, -0.15) is 0 Å². The second kappa shape index (κ2) is 6.30. The number of hydrogen-bond acceptors (Lipinski definition) is 5. The highest BCUT2D eigenvalue weighted by Gasteiger charge is 2.18. The van der Waals surface area contributed by atoms with Gasteiger partial charge >= 0.3 is 0 Å². The van der Waals surface area contributed by atoms with Crippen molar-refractivity contribution in [2.75, 3.05) is 31.1 Å². The summed E-state index contributed by atoms with van der Waals surface area (Å²) in [5, 5.41) is 1.20. The molecule has 0 radical (unpaired) electrons. The highest BCUT2D eigenvalue weighted by Crippen LogP contribution is 2.16. The molecule has 3 aromatic rings. The summed E-state index contributed by atoms with van der Waals surface area (Å²) in [6, 6.07) is 12.5. The third-order valence-corrected chi connectivity index (χ3v) is 4.28. The van der Waals surface area contributed by atoms with Gasteiger partial charge in [0.2, 0.25) is 5.95 Å². The number of rotatable bonds is 3. The molecule has 3 heterocycles. The zero-order chi connectivity index (χ0) is 15.5. The largest absolute Gasteiger partial charge is 0.338 e. The molecule has 1 saturated heterocycles. The summed E-state index contributed by atoms with van der Waals surface area (Å²) < 4.78 is 0. The first-order chi connectivity index (χ1) is 11.4. The van der Waals surface area contributed by atoms with Crippen molar-refractivity contribution in [3.63, 3.8) is 0 Å². The van der Waals surface area contributed by atoms with Gasteiger partial charge < -0.3 is 4.90 Å². The average Bonchev–Trinajstić information content (AvgIpc) is 2.63. The summed E-state index contributed by atoms with van der Waals surface area (Å²) in [6.45, 7) is 4.96. The minimum atomic E-state index is 0.835. The van der Waals surface area contributed by atoms with Gasteiger partial charge in [-0.05, 0) is 23.8 Å². The number of fused-ring (bicyclic) bond motifs is 1. The molecule has 1 aliphatic rings. The normalized spacial score (nSPS) is 15.9. The van der Waals surface area contributed by atoms with E-state index in [-0.39, 0.29) is 0 Å². The number of nitrogens with zero attached hydrogens (tertiary/aromatic N) is 5. The Hall–Kier alpha value is -2.53. The van der Waals surface area contributed by atoms with Gasteiger partial charge in [0, 0.05) is 56.7 Å². The average molecular weight is 305 g/mol. The molecule has 23 heavy (non-hydrogen) atoms. The summed E-state index contributed by atoms with van der Waals surface area (Å²) in [4.78, 5) is 17.8. The Kier molecular flexibility index (Phi) is 3.86. The highest BCUT2D eigenvalue weighted by atomic mass is 15.3. The zero-order valence-electron chi connectivity index (χ0n) is 13.0. The van der Waals surface area contributed by atoms with Crippen LogP contribution in [0.2, 0.25) is 0 Å². The van der Waals surface area contributed by atoms with Crippen LogP contribution in [0.4, 0.5) is 5.95 Å². The van der Waals surface area contributed by atoms with Gasteiger partial charge in [0.25, 0.3) is 0 Å². The minimum Gasteiger partial charge on any atom is -0.338 e. The first-order valence-corrected chi connectivity index (χ1v) is 7.96. The Labute approximate surface area is 135 Å². The van der Waals surface area contributed by atoms with Crippen molar-refractivity contribution in [1.29, 1.82) is 0 Å². The highest BCUT2D eigenvalue weighted by molar-refractivity contribution is 5.78. The molecule has 1 fully saturated rings.